The Morgan fingerprint density at radius 2 is 2.00 bits per heavy atom. The molecule has 108 valence electrons. The fourth-order valence-electron chi connectivity index (χ4n) is 1.79. The number of alkyl halides is 3. The Balaban J connectivity index is 2.95. The lowest BCUT2D eigenvalue weighted by molar-refractivity contribution is -0.138. The highest BCUT2D eigenvalue weighted by atomic mass is 32.2. The van der Waals surface area contributed by atoms with Crippen LogP contribution < -0.4 is 5.73 Å². The van der Waals surface area contributed by atoms with Crippen LogP contribution in [0.2, 0.25) is 0 Å². The molecule has 1 atom stereocenters. The minimum absolute atomic E-state index is 0.135. The zero-order valence-corrected chi connectivity index (χ0v) is 12.1. The molecule has 0 heterocycles. The highest BCUT2D eigenvalue weighted by molar-refractivity contribution is 7.98. The Morgan fingerprint density at radius 3 is 2.53 bits per heavy atom. The van der Waals surface area contributed by atoms with Crippen LogP contribution >= 0.6 is 11.8 Å². The standard InChI is InChI=1S/C13H19F3N2S/c1-9(8-19-3)18(2)7-10-4-5-11(17)6-12(10)13(14,15)16/h4-6,9H,7-8,17H2,1-3H3. The number of hydrogen-bond donors (Lipinski definition) is 1. The van der Waals surface area contributed by atoms with Crippen LogP contribution in [0.1, 0.15) is 18.1 Å². The third kappa shape index (κ3) is 4.62. The molecule has 0 spiro atoms. The van der Waals surface area contributed by atoms with Crippen molar-refractivity contribution in [1.82, 2.24) is 4.90 Å². The van der Waals surface area contributed by atoms with E-state index >= 15 is 0 Å². The van der Waals surface area contributed by atoms with Gasteiger partial charge in [0.05, 0.1) is 5.56 Å². The minimum atomic E-state index is -4.37. The number of thioether (sulfide) groups is 1. The molecule has 19 heavy (non-hydrogen) atoms. The van der Waals surface area contributed by atoms with Gasteiger partial charge in [-0.1, -0.05) is 6.07 Å². The molecule has 0 aromatic heterocycles. The number of anilines is 1. The summed E-state index contributed by atoms with van der Waals surface area (Å²) in [6.45, 7) is 2.26. The van der Waals surface area contributed by atoms with Crippen molar-refractivity contribution in [2.45, 2.75) is 25.7 Å². The van der Waals surface area contributed by atoms with Gasteiger partial charge in [-0.05, 0) is 37.9 Å². The number of nitrogens with zero attached hydrogens (tertiary/aromatic N) is 1. The Morgan fingerprint density at radius 1 is 1.37 bits per heavy atom. The second kappa shape index (κ2) is 6.52. The zero-order valence-electron chi connectivity index (χ0n) is 11.3. The normalized spacial score (nSPS) is 13.8. The molecule has 2 nitrogen and oxygen atoms in total. The van der Waals surface area contributed by atoms with E-state index in [0.29, 0.717) is 0 Å². The lowest BCUT2D eigenvalue weighted by Gasteiger charge is -2.25. The predicted octanol–water partition coefficient (Wildman–Crippen LogP) is 3.47. The van der Waals surface area contributed by atoms with Gasteiger partial charge in [-0.25, -0.2) is 0 Å². The van der Waals surface area contributed by atoms with Gasteiger partial charge < -0.3 is 5.73 Å². The van der Waals surface area contributed by atoms with Crippen molar-refractivity contribution in [2.75, 3.05) is 24.8 Å². The first-order valence-corrected chi connectivity index (χ1v) is 7.30. The molecule has 0 aliphatic rings. The van der Waals surface area contributed by atoms with Gasteiger partial charge in [0.15, 0.2) is 0 Å². The molecule has 0 saturated carbocycles. The van der Waals surface area contributed by atoms with Crippen LogP contribution in [-0.2, 0) is 12.7 Å². The van der Waals surface area contributed by atoms with Crippen molar-refractivity contribution in [1.29, 1.82) is 0 Å². The van der Waals surface area contributed by atoms with Crippen LogP contribution in [0, 0.1) is 0 Å². The number of rotatable bonds is 5. The maximum absolute atomic E-state index is 12.9. The Bertz CT molecular complexity index is 421. The van der Waals surface area contributed by atoms with E-state index < -0.39 is 11.7 Å². The van der Waals surface area contributed by atoms with E-state index in [1.807, 2.05) is 25.1 Å². The Hall–Kier alpha value is -0.880. The van der Waals surface area contributed by atoms with Crippen LogP contribution in [0.3, 0.4) is 0 Å². The molecule has 1 rings (SSSR count). The van der Waals surface area contributed by atoms with E-state index in [0.717, 1.165) is 11.8 Å². The number of benzene rings is 1. The third-order valence-electron chi connectivity index (χ3n) is 3.02. The molecule has 0 bridgehead atoms. The van der Waals surface area contributed by atoms with E-state index in [2.05, 4.69) is 0 Å². The highest BCUT2D eigenvalue weighted by Crippen LogP contribution is 2.34. The monoisotopic (exact) mass is 292 g/mol. The number of halogens is 3. The summed E-state index contributed by atoms with van der Waals surface area (Å²) in [7, 11) is 1.83. The number of nitrogen functional groups attached to an aromatic ring is 1. The van der Waals surface area contributed by atoms with Gasteiger partial charge in [-0.15, -0.1) is 0 Å². The van der Waals surface area contributed by atoms with E-state index in [1.54, 1.807) is 11.8 Å². The summed E-state index contributed by atoms with van der Waals surface area (Å²) in [5, 5.41) is 0. The minimum Gasteiger partial charge on any atom is -0.399 e. The molecule has 2 N–H and O–H groups in total. The first kappa shape index (κ1) is 16.2. The van der Waals surface area contributed by atoms with Crippen molar-refractivity contribution in [2.24, 2.45) is 0 Å². The molecule has 0 saturated heterocycles. The number of hydrogen-bond acceptors (Lipinski definition) is 3. The van der Waals surface area contributed by atoms with E-state index in [-0.39, 0.29) is 23.8 Å². The third-order valence-corrected chi connectivity index (χ3v) is 3.84. The zero-order chi connectivity index (χ0) is 14.6. The van der Waals surface area contributed by atoms with Gasteiger partial charge in [-0.3, -0.25) is 4.90 Å². The second-order valence-corrected chi connectivity index (χ2v) is 5.54. The first-order chi connectivity index (χ1) is 8.75. The molecule has 6 heteroatoms. The van der Waals surface area contributed by atoms with Crippen molar-refractivity contribution < 1.29 is 13.2 Å². The lowest BCUT2D eigenvalue weighted by Crippen LogP contribution is -2.31. The summed E-state index contributed by atoms with van der Waals surface area (Å²) < 4.78 is 38.8. The molecule has 0 amide bonds. The smallest absolute Gasteiger partial charge is 0.399 e. The quantitative estimate of drug-likeness (QED) is 0.843. The Kier molecular flexibility index (Phi) is 5.55. The van der Waals surface area contributed by atoms with Gasteiger partial charge in [0.1, 0.15) is 0 Å². The summed E-state index contributed by atoms with van der Waals surface area (Å²) >= 11 is 1.68. The largest absolute Gasteiger partial charge is 0.416 e. The summed E-state index contributed by atoms with van der Waals surface area (Å²) in [6.07, 6.45) is -2.39. The fourth-order valence-corrected chi connectivity index (χ4v) is 2.53. The summed E-state index contributed by atoms with van der Waals surface area (Å²) in [6, 6.07) is 4.19. The van der Waals surface area contributed by atoms with E-state index in [9.17, 15) is 13.2 Å². The van der Waals surface area contributed by atoms with Crippen LogP contribution in [0.15, 0.2) is 18.2 Å². The molecule has 0 aliphatic carbocycles. The topological polar surface area (TPSA) is 29.3 Å². The van der Waals surface area contributed by atoms with E-state index in [1.165, 1.54) is 12.1 Å². The average Bonchev–Trinajstić information content (AvgIpc) is 2.30. The highest BCUT2D eigenvalue weighted by Gasteiger charge is 2.33. The molecular weight excluding hydrogens is 273 g/mol. The summed E-state index contributed by atoms with van der Waals surface area (Å²) in [4.78, 5) is 1.91. The van der Waals surface area contributed by atoms with Crippen molar-refractivity contribution in [3.05, 3.63) is 29.3 Å². The predicted molar refractivity (Wildman–Crippen MR) is 75.2 cm³/mol. The lowest BCUT2D eigenvalue weighted by atomic mass is 10.1. The fraction of sp³-hybridized carbons (Fsp3) is 0.538. The molecular formula is C13H19F3N2S. The molecule has 1 aromatic rings. The molecule has 0 radical (unpaired) electrons. The molecule has 1 aromatic carbocycles. The summed E-state index contributed by atoms with van der Waals surface area (Å²) in [5.74, 6) is 0.882. The van der Waals surface area contributed by atoms with Gasteiger partial charge in [0, 0.05) is 24.0 Å². The van der Waals surface area contributed by atoms with Gasteiger partial charge in [-0.2, -0.15) is 24.9 Å². The molecule has 0 fully saturated rings. The molecule has 0 aliphatic heterocycles. The average molecular weight is 292 g/mol. The van der Waals surface area contributed by atoms with Gasteiger partial charge in [0.2, 0.25) is 0 Å². The van der Waals surface area contributed by atoms with E-state index in [4.69, 9.17) is 5.73 Å². The van der Waals surface area contributed by atoms with Gasteiger partial charge >= 0.3 is 6.18 Å². The van der Waals surface area contributed by atoms with Crippen LogP contribution in [0.5, 0.6) is 0 Å². The SMILES string of the molecule is CSCC(C)N(C)Cc1ccc(N)cc1C(F)(F)F. The Labute approximate surface area is 116 Å². The van der Waals surface area contributed by atoms with Crippen LogP contribution in [0.25, 0.3) is 0 Å². The van der Waals surface area contributed by atoms with Crippen LogP contribution in [-0.4, -0.2) is 30.0 Å². The van der Waals surface area contributed by atoms with Crippen molar-refractivity contribution in [3.8, 4) is 0 Å². The maximum Gasteiger partial charge on any atom is 0.416 e. The van der Waals surface area contributed by atoms with Crippen LogP contribution in [0.4, 0.5) is 18.9 Å². The van der Waals surface area contributed by atoms with Gasteiger partial charge in [0.25, 0.3) is 0 Å². The number of nitrogens with two attached hydrogens (primary N) is 1. The van der Waals surface area contributed by atoms with Crippen molar-refractivity contribution >= 4 is 17.4 Å². The maximum atomic E-state index is 12.9. The molecule has 1 unspecified atom stereocenters. The van der Waals surface area contributed by atoms with Crippen molar-refractivity contribution in [3.63, 3.8) is 0 Å². The second-order valence-electron chi connectivity index (χ2n) is 4.63. The first-order valence-electron chi connectivity index (χ1n) is 5.90. The summed E-state index contributed by atoms with van der Waals surface area (Å²) in [5.41, 5.74) is 5.20.